The number of rotatable bonds is 3. The normalized spacial score (nSPS) is 42.5. The van der Waals surface area contributed by atoms with Crippen LogP contribution < -0.4 is 0 Å². The second kappa shape index (κ2) is 5.45. The molecule has 0 bridgehead atoms. The fourth-order valence-electron chi connectivity index (χ4n) is 3.56. The van der Waals surface area contributed by atoms with Gasteiger partial charge < -0.3 is 19.3 Å². The monoisotopic (exact) mass is 256 g/mol. The van der Waals surface area contributed by atoms with Gasteiger partial charge >= 0.3 is 0 Å². The van der Waals surface area contributed by atoms with Gasteiger partial charge in [-0.25, -0.2) is 0 Å². The zero-order valence-electron chi connectivity index (χ0n) is 11.0. The number of aliphatic hydroxyl groups is 1. The van der Waals surface area contributed by atoms with Crippen LogP contribution in [-0.2, 0) is 14.2 Å². The Hall–Kier alpha value is -0.160. The summed E-state index contributed by atoms with van der Waals surface area (Å²) in [6.07, 6.45) is 4.73. The maximum Gasteiger partial charge on any atom is 0.0940 e. The van der Waals surface area contributed by atoms with E-state index >= 15 is 0 Å². The maximum atomic E-state index is 10.4. The molecule has 104 valence electrons. The third-order valence-electron chi connectivity index (χ3n) is 4.74. The molecular formula is C14H24O4. The molecule has 3 fully saturated rings. The second-order valence-corrected chi connectivity index (χ2v) is 6.12. The minimum atomic E-state index is -0.196. The topological polar surface area (TPSA) is 47.9 Å². The molecule has 3 rings (SSSR count). The first-order valence-corrected chi connectivity index (χ1v) is 7.25. The predicted molar refractivity (Wildman–Crippen MR) is 66.4 cm³/mol. The van der Waals surface area contributed by atoms with Crippen LogP contribution >= 0.6 is 0 Å². The molecule has 0 aliphatic carbocycles. The Bertz CT molecular complexity index is 269. The van der Waals surface area contributed by atoms with E-state index in [0.29, 0.717) is 18.4 Å². The summed E-state index contributed by atoms with van der Waals surface area (Å²) in [7, 11) is 0. The highest BCUT2D eigenvalue weighted by Gasteiger charge is 2.43. The summed E-state index contributed by atoms with van der Waals surface area (Å²) in [5, 5.41) is 10.4. The Morgan fingerprint density at radius 3 is 2.83 bits per heavy atom. The average Bonchev–Trinajstić information content (AvgIpc) is 3.02. The van der Waals surface area contributed by atoms with Crippen LogP contribution in [0.25, 0.3) is 0 Å². The molecule has 3 heterocycles. The first kappa shape index (κ1) is 12.9. The third kappa shape index (κ3) is 2.72. The average molecular weight is 256 g/mol. The van der Waals surface area contributed by atoms with Crippen LogP contribution in [0.4, 0.5) is 0 Å². The van der Waals surface area contributed by atoms with Gasteiger partial charge in [0.25, 0.3) is 0 Å². The molecule has 0 saturated carbocycles. The second-order valence-electron chi connectivity index (χ2n) is 6.12. The molecule has 3 aliphatic heterocycles. The van der Waals surface area contributed by atoms with Gasteiger partial charge in [0.15, 0.2) is 0 Å². The lowest BCUT2D eigenvalue weighted by Crippen LogP contribution is -2.43. The van der Waals surface area contributed by atoms with Crippen molar-refractivity contribution in [1.82, 2.24) is 0 Å². The standard InChI is InChI=1S/C14H24O4/c15-13(7-11-1-4-16-9-11)12-2-5-18-14(8-12)3-6-17-10-14/h11-13,15H,1-10H2. The first-order valence-electron chi connectivity index (χ1n) is 7.25. The van der Waals surface area contributed by atoms with Crippen LogP contribution in [0.5, 0.6) is 0 Å². The van der Waals surface area contributed by atoms with Crippen molar-refractivity contribution in [3.63, 3.8) is 0 Å². The summed E-state index contributed by atoms with van der Waals surface area (Å²) >= 11 is 0. The van der Waals surface area contributed by atoms with Gasteiger partial charge in [0.05, 0.1) is 18.3 Å². The molecule has 0 aromatic rings. The Kier molecular flexibility index (Phi) is 3.89. The number of ether oxygens (including phenoxy) is 3. The van der Waals surface area contributed by atoms with Gasteiger partial charge in [0, 0.05) is 32.8 Å². The fourth-order valence-corrected chi connectivity index (χ4v) is 3.56. The van der Waals surface area contributed by atoms with Crippen LogP contribution in [0, 0.1) is 11.8 Å². The van der Waals surface area contributed by atoms with E-state index in [1.165, 1.54) is 0 Å². The van der Waals surface area contributed by atoms with Crippen LogP contribution in [0.3, 0.4) is 0 Å². The summed E-state index contributed by atoms with van der Waals surface area (Å²) in [6, 6.07) is 0. The van der Waals surface area contributed by atoms with Crippen molar-refractivity contribution in [3.05, 3.63) is 0 Å². The van der Waals surface area contributed by atoms with Gasteiger partial charge in [-0.3, -0.25) is 0 Å². The zero-order chi connectivity index (χ0) is 12.4. The SMILES string of the molecule is OC(CC1CCOC1)C1CCOC2(CCOC2)C1. The summed E-state index contributed by atoms with van der Waals surface area (Å²) < 4.78 is 16.8. The molecule has 0 radical (unpaired) electrons. The number of aliphatic hydroxyl groups excluding tert-OH is 1. The molecule has 0 aromatic carbocycles. The Morgan fingerprint density at radius 2 is 2.11 bits per heavy atom. The van der Waals surface area contributed by atoms with E-state index in [1.807, 2.05) is 0 Å². The van der Waals surface area contributed by atoms with E-state index in [-0.39, 0.29) is 11.7 Å². The van der Waals surface area contributed by atoms with Crippen LogP contribution in [-0.4, -0.2) is 49.8 Å². The molecule has 0 amide bonds. The molecule has 4 nitrogen and oxygen atoms in total. The third-order valence-corrected chi connectivity index (χ3v) is 4.74. The lowest BCUT2D eigenvalue weighted by Gasteiger charge is -2.39. The van der Waals surface area contributed by atoms with E-state index in [1.54, 1.807) is 0 Å². The number of hydrogen-bond donors (Lipinski definition) is 1. The molecule has 4 unspecified atom stereocenters. The minimum absolute atomic E-state index is 0.0872. The Balaban J connectivity index is 1.54. The van der Waals surface area contributed by atoms with Crippen molar-refractivity contribution < 1.29 is 19.3 Å². The van der Waals surface area contributed by atoms with E-state index in [4.69, 9.17) is 14.2 Å². The summed E-state index contributed by atoms with van der Waals surface area (Å²) in [4.78, 5) is 0. The number of hydrogen-bond acceptors (Lipinski definition) is 4. The van der Waals surface area contributed by atoms with E-state index in [9.17, 15) is 5.11 Å². The van der Waals surface area contributed by atoms with Gasteiger partial charge in [0.1, 0.15) is 0 Å². The van der Waals surface area contributed by atoms with E-state index < -0.39 is 0 Å². The van der Waals surface area contributed by atoms with Gasteiger partial charge in [0.2, 0.25) is 0 Å². The highest BCUT2D eigenvalue weighted by molar-refractivity contribution is 4.92. The summed E-state index contributed by atoms with van der Waals surface area (Å²) in [5.41, 5.74) is -0.0872. The molecule has 3 saturated heterocycles. The molecule has 4 heteroatoms. The van der Waals surface area contributed by atoms with Gasteiger partial charge in [-0.05, 0) is 37.5 Å². The van der Waals surface area contributed by atoms with Crippen molar-refractivity contribution in [1.29, 1.82) is 0 Å². The summed E-state index contributed by atoms with van der Waals surface area (Å²) in [6.45, 7) is 3.98. The molecule has 18 heavy (non-hydrogen) atoms. The largest absolute Gasteiger partial charge is 0.393 e. The first-order chi connectivity index (χ1) is 8.77. The molecule has 4 atom stereocenters. The molecular weight excluding hydrogens is 232 g/mol. The lowest BCUT2D eigenvalue weighted by molar-refractivity contribution is -0.118. The quantitative estimate of drug-likeness (QED) is 0.828. The van der Waals surface area contributed by atoms with Crippen LogP contribution in [0.2, 0.25) is 0 Å². The molecule has 1 spiro atoms. The van der Waals surface area contributed by atoms with Crippen molar-refractivity contribution >= 4 is 0 Å². The maximum absolute atomic E-state index is 10.4. The van der Waals surface area contributed by atoms with Crippen molar-refractivity contribution in [2.75, 3.05) is 33.0 Å². The van der Waals surface area contributed by atoms with Crippen molar-refractivity contribution in [2.24, 2.45) is 11.8 Å². The van der Waals surface area contributed by atoms with E-state index in [2.05, 4.69) is 0 Å². The Labute approximate surface area is 109 Å². The smallest absolute Gasteiger partial charge is 0.0940 e. The van der Waals surface area contributed by atoms with Gasteiger partial charge in [-0.2, -0.15) is 0 Å². The highest BCUT2D eigenvalue weighted by atomic mass is 16.6. The Morgan fingerprint density at radius 1 is 1.17 bits per heavy atom. The van der Waals surface area contributed by atoms with Gasteiger partial charge in [-0.1, -0.05) is 0 Å². The molecule has 3 aliphatic rings. The highest BCUT2D eigenvalue weighted by Crippen LogP contribution is 2.38. The zero-order valence-corrected chi connectivity index (χ0v) is 11.0. The van der Waals surface area contributed by atoms with Crippen LogP contribution in [0.15, 0.2) is 0 Å². The fraction of sp³-hybridized carbons (Fsp3) is 1.00. The van der Waals surface area contributed by atoms with E-state index in [0.717, 1.165) is 58.5 Å². The molecule has 0 aromatic heterocycles. The van der Waals surface area contributed by atoms with Crippen molar-refractivity contribution in [2.45, 2.75) is 43.8 Å². The van der Waals surface area contributed by atoms with Gasteiger partial charge in [-0.15, -0.1) is 0 Å². The lowest BCUT2D eigenvalue weighted by atomic mass is 9.80. The molecule has 1 N–H and O–H groups in total. The van der Waals surface area contributed by atoms with Crippen molar-refractivity contribution in [3.8, 4) is 0 Å². The van der Waals surface area contributed by atoms with Crippen LogP contribution in [0.1, 0.15) is 32.1 Å². The minimum Gasteiger partial charge on any atom is -0.393 e. The summed E-state index contributed by atoms with van der Waals surface area (Å²) in [5.74, 6) is 0.930. The predicted octanol–water partition coefficient (Wildman–Crippen LogP) is 1.36.